The summed E-state index contributed by atoms with van der Waals surface area (Å²) in [5.41, 5.74) is 2.00. The second-order valence-corrected chi connectivity index (χ2v) is 6.90. The smallest absolute Gasteiger partial charge is 0.274 e. The number of thiophene rings is 1. The van der Waals surface area contributed by atoms with Crippen LogP contribution >= 0.6 is 11.3 Å². The second-order valence-electron chi connectivity index (χ2n) is 5.98. The van der Waals surface area contributed by atoms with E-state index < -0.39 is 6.10 Å². The topological polar surface area (TPSA) is 100 Å². The van der Waals surface area contributed by atoms with E-state index in [4.69, 9.17) is 4.74 Å². The van der Waals surface area contributed by atoms with E-state index in [1.54, 1.807) is 24.4 Å². The number of hydrogen-bond donors (Lipinski definition) is 2. The number of aliphatic hydroxyl groups is 1. The van der Waals surface area contributed by atoms with Gasteiger partial charge in [-0.2, -0.15) is 0 Å². The van der Waals surface area contributed by atoms with Crippen LogP contribution in [-0.2, 0) is 6.54 Å². The maximum atomic E-state index is 12.7. The van der Waals surface area contributed by atoms with Crippen molar-refractivity contribution in [1.29, 1.82) is 0 Å². The van der Waals surface area contributed by atoms with Crippen LogP contribution in [0, 0.1) is 0 Å². The van der Waals surface area contributed by atoms with Gasteiger partial charge < -0.3 is 20.1 Å². The van der Waals surface area contributed by atoms with Gasteiger partial charge in [0.15, 0.2) is 5.69 Å². The monoisotopic (exact) mass is 401 g/mol. The van der Waals surface area contributed by atoms with Gasteiger partial charge in [-0.3, -0.25) is 9.78 Å². The number of ether oxygens (including phenoxy) is 1. The zero-order valence-electron chi connectivity index (χ0n) is 16.0. The molecule has 4 rings (SSSR count). The minimum Gasteiger partial charge on any atom is -0.495 e. The van der Waals surface area contributed by atoms with Crippen LogP contribution in [0.1, 0.15) is 29.9 Å². The Balaban J connectivity index is 0.00000109. The molecule has 9 heteroatoms. The number of aliphatic hydroxyl groups excluding tert-OH is 1. The molecule has 2 N–H and O–H groups in total. The Morgan fingerprint density at radius 3 is 2.86 bits per heavy atom. The summed E-state index contributed by atoms with van der Waals surface area (Å²) < 4.78 is 5.92. The highest BCUT2D eigenvalue weighted by Gasteiger charge is 2.31. The maximum Gasteiger partial charge on any atom is 0.274 e. The number of likely N-dealkylation sites (tertiary alicyclic amines) is 1. The van der Waals surface area contributed by atoms with Crippen LogP contribution in [0.2, 0.25) is 0 Å². The molecule has 0 unspecified atom stereocenters. The predicted molar refractivity (Wildman–Crippen MR) is 109 cm³/mol. The van der Waals surface area contributed by atoms with Crippen LogP contribution in [-0.4, -0.2) is 57.2 Å². The van der Waals surface area contributed by atoms with Gasteiger partial charge in [0.05, 0.1) is 29.6 Å². The first kappa shape index (κ1) is 20.0. The highest BCUT2D eigenvalue weighted by atomic mass is 32.1. The van der Waals surface area contributed by atoms with Gasteiger partial charge >= 0.3 is 0 Å². The van der Waals surface area contributed by atoms with Crippen molar-refractivity contribution < 1.29 is 14.6 Å². The Morgan fingerprint density at radius 2 is 2.14 bits per heavy atom. The van der Waals surface area contributed by atoms with Gasteiger partial charge in [0, 0.05) is 25.8 Å². The minimum atomic E-state index is -0.447. The number of anilines is 1. The molecule has 3 aromatic heterocycles. The van der Waals surface area contributed by atoms with Crippen molar-refractivity contribution in [3.63, 3.8) is 0 Å². The summed E-state index contributed by atoms with van der Waals surface area (Å²) in [6, 6.07) is 3.73. The molecule has 0 aromatic carbocycles. The first-order valence-electron chi connectivity index (χ1n) is 9.08. The molecule has 0 saturated carbocycles. The van der Waals surface area contributed by atoms with Crippen LogP contribution < -0.4 is 10.1 Å². The van der Waals surface area contributed by atoms with Gasteiger partial charge in [0.2, 0.25) is 5.95 Å². The van der Waals surface area contributed by atoms with E-state index >= 15 is 0 Å². The molecule has 1 saturated heterocycles. The molecule has 28 heavy (non-hydrogen) atoms. The zero-order chi connectivity index (χ0) is 20.1. The number of fused-ring (bicyclic) bond motifs is 1. The van der Waals surface area contributed by atoms with E-state index in [1.807, 2.05) is 31.4 Å². The molecule has 0 aliphatic carbocycles. The number of nitrogens with one attached hydrogen (secondary N) is 1. The predicted octanol–water partition coefficient (Wildman–Crippen LogP) is 2.55. The highest BCUT2D eigenvalue weighted by molar-refractivity contribution is 7.17. The van der Waals surface area contributed by atoms with E-state index in [0.29, 0.717) is 37.0 Å². The van der Waals surface area contributed by atoms with Gasteiger partial charge in [-0.15, -0.1) is 11.3 Å². The fourth-order valence-electron chi connectivity index (χ4n) is 2.71. The third-order valence-electron chi connectivity index (χ3n) is 4.11. The normalized spacial score (nSPS) is 13.5. The summed E-state index contributed by atoms with van der Waals surface area (Å²) in [6.45, 7) is 5.14. The number of carbonyl (C=O) groups excluding carboxylic acids is 1. The van der Waals surface area contributed by atoms with Crippen molar-refractivity contribution in [3.05, 3.63) is 41.2 Å². The summed E-state index contributed by atoms with van der Waals surface area (Å²) >= 11 is 1.43. The van der Waals surface area contributed by atoms with E-state index in [2.05, 4.69) is 20.3 Å². The van der Waals surface area contributed by atoms with Gasteiger partial charge in [0.1, 0.15) is 5.75 Å². The third kappa shape index (κ3) is 4.20. The number of aromatic nitrogens is 3. The number of carbonyl (C=O) groups is 1. The number of β-amino-alcohol motifs (C(OH)–C–C–N with tert-alkyl or cyclic N) is 1. The Bertz CT molecular complexity index is 956. The number of nitrogens with zero attached hydrogens (tertiary/aromatic N) is 4. The van der Waals surface area contributed by atoms with Crippen molar-refractivity contribution in [2.45, 2.75) is 26.5 Å². The van der Waals surface area contributed by atoms with E-state index in [1.165, 1.54) is 11.3 Å². The van der Waals surface area contributed by atoms with Crippen LogP contribution in [0.25, 0.3) is 10.2 Å². The van der Waals surface area contributed by atoms with Crippen LogP contribution in [0.3, 0.4) is 0 Å². The van der Waals surface area contributed by atoms with Crippen LogP contribution in [0.15, 0.2) is 29.9 Å². The second kappa shape index (κ2) is 8.94. The fourth-order valence-corrected chi connectivity index (χ4v) is 3.52. The summed E-state index contributed by atoms with van der Waals surface area (Å²) in [5, 5.41) is 14.5. The molecule has 0 bridgehead atoms. The van der Waals surface area contributed by atoms with E-state index in [0.717, 1.165) is 15.8 Å². The lowest BCUT2D eigenvalue weighted by Gasteiger charge is -2.35. The van der Waals surface area contributed by atoms with Gasteiger partial charge in [0.25, 0.3) is 5.91 Å². The lowest BCUT2D eigenvalue weighted by molar-refractivity contribution is 0.00567. The fraction of sp³-hybridized carbons (Fsp3) is 0.368. The minimum absolute atomic E-state index is 0.184. The molecule has 0 atom stereocenters. The number of pyridine rings is 1. The summed E-state index contributed by atoms with van der Waals surface area (Å²) in [7, 11) is 1.59. The van der Waals surface area contributed by atoms with Gasteiger partial charge in [-0.25, -0.2) is 9.97 Å². The van der Waals surface area contributed by atoms with Crippen molar-refractivity contribution in [2.75, 3.05) is 25.5 Å². The van der Waals surface area contributed by atoms with Crippen molar-refractivity contribution in [1.82, 2.24) is 19.9 Å². The SMILES string of the molecule is CC.COc1cncc(CNc2nc(C(=O)N3CC(O)C3)c3sccc3n2)c1. The summed E-state index contributed by atoms with van der Waals surface area (Å²) in [4.78, 5) is 27.3. The van der Waals surface area contributed by atoms with Crippen molar-refractivity contribution >= 4 is 33.4 Å². The molecule has 1 fully saturated rings. The summed E-state index contributed by atoms with van der Waals surface area (Å²) in [6.07, 6.45) is 2.92. The van der Waals surface area contributed by atoms with Crippen molar-refractivity contribution in [3.8, 4) is 5.75 Å². The van der Waals surface area contributed by atoms with Crippen molar-refractivity contribution in [2.24, 2.45) is 0 Å². The molecule has 3 aromatic rings. The third-order valence-corrected chi connectivity index (χ3v) is 5.02. The molecule has 148 valence electrons. The molecule has 1 aliphatic rings. The van der Waals surface area contributed by atoms with Gasteiger partial charge in [-0.1, -0.05) is 13.8 Å². The highest BCUT2D eigenvalue weighted by Crippen LogP contribution is 2.26. The van der Waals surface area contributed by atoms with E-state index in [-0.39, 0.29) is 5.91 Å². The van der Waals surface area contributed by atoms with E-state index in [9.17, 15) is 9.90 Å². The van der Waals surface area contributed by atoms with Crippen LogP contribution in [0.4, 0.5) is 5.95 Å². The maximum absolute atomic E-state index is 12.7. The molecule has 1 aliphatic heterocycles. The molecular weight excluding hydrogens is 378 g/mol. The Hall–Kier alpha value is -2.78. The first-order valence-corrected chi connectivity index (χ1v) is 9.96. The Kier molecular flexibility index (Phi) is 6.37. The Morgan fingerprint density at radius 1 is 1.36 bits per heavy atom. The average Bonchev–Trinajstić information content (AvgIpc) is 3.19. The number of methoxy groups -OCH3 is 1. The Labute approximate surface area is 167 Å². The van der Waals surface area contributed by atoms with Gasteiger partial charge in [-0.05, 0) is 23.1 Å². The van der Waals surface area contributed by atoms with Crippen LogP contribution in [0.5, 0.6) is 5.75 Å². The molecule has 0 spiro atoms. The molecule has 4 heterocycles. The number of amides is 1. The molecule has 0 radical (unpaired) electrons. The lowest BCUT2D eigenvalue weighted by atomic mass is 10.1. The standard InChI is InChI=1S/C17H17N5O3S.C2H6/c1-25-12-4-10(5-18-7-12)6-19-17-20-13-2-3-26-15(13)14(21-17)16(24)22-8-11(23)9-22;1-2/h2-5,7,11,23H,6,8-9H2,1H3,(H,19,20,21);1-2H3. The first-order chi connectivity index (χ1) is 13.6. The molecule has 1 amide bonds. The molecule has 8 nitrogen and oxygen atoms in total. The number of hydrogen-bond acceptors (Lipinski definition) is 8. The largest absolute Gasteiger partial charge is 0.495 e. The quantitative estimate of drug-likeness (QED) is 0.677. The number of rotatable bonds is 5. The zero-order valence-corrected chi connectivity index (χ0v) is 16.9. The molecular formula is C19H23N5O3S. The average molecular weight is 401 g/mol. The lowest BCUT2D eigenvalue weighted by Crippen LogP contribution is -2.53. The summed E-state index contributed by atoms with van der Waals surface area (Å²) in [5.74, 6) is 0.866.